The number of hydrogen-bond acceptors (Lipinski definition) is 3. The summed E-state index contributed by atoms with van der Waals surface area (Å²) in [4.78, 5) is 0. The Kier molecular flexibility index (Phi) is 2.08. The highest BCUT2D eigenvalue weighted by Gasteiger charge is 2.29. The Labute approximate surface area is 59.6 Å². The first-order chi connectivity index (χ1) is 4.63. The van der Waals surface area contributed by atoms with Crippen molar-refractivity contribution < 1.29 is 15.3 Å². The first kappa shape index (κ1) is 7.72. The molecular formula is C7H12O3. The van der Waals surface area contributed by atoms with Crippen molar-refractivity contribution in [2.24, 2.45) is 5.92 Å². The lowest BCUT2D eigenvalue weighted by atomic mass is 9.89. The summed E-state index contributed by atoms with van der Waals surface area (Å²) in [5, 5.41) is 27.3. The Morgan fingerprint density at radius 3 is 2.00 bits per heavy atom. The van der Waals surface area contributed by atoms with Crippen molar-refractivity contribution in [3.05, 3.63) is 12.2 Å². The lowest BCUT2D eigenvalue weighted by Gasteiger charge is -2.28. The van der Waals surface area contributed by atoms with Gasteiger partial charge in [0.2, 0.25) is 0 Å². The van der Waals surface area contributed by atoms with Gasteiger partial charge in [-0.2, -0.15) is 0 Å². The van der Waals surface area contributed by atoms with Gasteiger partial charge < -0.3 is 15.3 Å². The molecule has 1 rings (SSSR count). The van der Waals surface area contributed by atoms with Crippen molar-refractivity contribution in [3.63, 3.8) is 0 Å². The molecule has 0 amide bonds. The van der Waals surface area contributed by atoms with Crippen LogP contribution in [0.2, 0.25) is 0 Å². The summed E-state index contributed by atoms with van der Waals surface area (Å²) in [5.74, 6) is -0.278. The molecule has 0 spiro atoms. The highest BCUT2D eigenvalue weighted by Crippen LogP contribution is 2.18. The molecule has 0 aliphatic heterocycles. The van der Waals surface area contributed by atoms with Crippen LogP contribution >= 0.6 is 0 Å². The molecule has 10 heavy (non-hydrogen) atoms. The zero-order valence-corrected chi connectivity index (χ0v) is 5.81. The van der Waals surface area contributed by atoms with Gasteiger partial charge in [0, 0.05) is 5.92 Å². The highest BCUT2D eigenvalue weighted by atomic mass is 16.3. The van der Waals surface area contributed by atoms with E-state index in [9.17, 15) is 0 Å². The second kappa shape index (κ2) is 2.70. The minimum Gasteiger partial charge on any atom is -0.390 e. The van der Waals surface area contributed by atoms with E-state index in [0.717, 1.165) is 0 Å². The van der Waals surface area contributed by atoms with Crippen LogP contribution < -0.4 is 0 Å². The fourth-order valence-corrected chi connectivity index (χ4v) is 1.03. The average Bonchev–Trinajstić information content (AvgIpc) is 1.93. The Hall–Kier alpha value is -0.380. The fourth-order valence-electron chi connectivity index (χ4n) is 1.03. The molecule has 3 N–H and O–H groups in total. The van der Waals surface area contributed by atoms with Gasteiger partial charge in [0.05, 0.1) is 18.3 Å². The molecule has 4 atom stereocenters. The number of aliphatic hydroxyl groups is 3. The second-order valence-electron chi connectivity index (χ2n) is 2.72. The largest absolute Gasteiger partial charge is 0.390 e. The van der Waals surface area contributed by atoms with Crippen LogP contribution in [0.1, 0.15) is 6.92 Å². The highest BCUT2D eigenvalue weighted by molar-refractivity contribution is 5.05. The van der Waals surface area contributed by atoms with Crippen molar-refractivity contribution in [3.8, 4) is 0 Å². The van der Waals surface area contributed by atoms with Crippen molar-refractivity contribution in [2.75, 3.05) is 0 Å². The maximum atomic E-state index is 9.16. The van der Waals surface area contributed by atoms with Gasteiger partial charge in [-0.25, -0.2) is 0 Å². The maximum Gasteiger partial charge on any atom is 0.0984 e. The fraction of sp³-hybridized carbons (Fsp3) is 0.714. The van der Waals surface area contributed by atoms with E-state index < -0.39 is 18.3 Å². The predicted octanol–water partition coefficient (Wildman–Crippen LogP) is -0.725. The Balaban J connectivity index is 2.69. The van der Waals surface area contributed by atoms with Crippen molar-refractivity contribution in [1.29, 1.82) is 0 Å². The van der Waals surface area contributed by atoms with E-state index in [1.54, 1.807) is 6.92 Å². The second-order valence-corrected chi connectivity index (χ2v) is 2.72. The van der Waals surface area contributed by atoms with Crippen LogP contribution in [0, 0.1) is 5.92 Å². The minimum absolute atomic E-state index is 0.278. The van der Waals surface area contributed by atoms with E-state index in [2.05, 4.69) is 0 Å². The molecule has 0 aromatic carbocycles. The van der Waals surface area contributed by atoms with Gasteiger partial charge in [-0.05, 0) is 0 Å². The van der Waals surface area contributed by atoms with Gasteiger partial charge in [-0.15, -0.1) is 0 Å². The molecule has 3 nitrogen and oxygen atoms in total. The van der Waals surface area contributed by atoms with Crippen molar-refractivity contribution >= 4 is 0 Å². The first-order valence-electron chi connectivity index (χ1n) is 3.35. The van der Waals surface area contributed by atoms with Crippen molar-refractivity contribution in [1.82, 2.24) is 0 Å². The summed E-state index contributed by atoms with van der Waals surface area (Å²) >= 11 is 0. The summed E-state index contributed by atoms with van der Waals surface area (Å²) in [6, 6.07) is 0. The quantitative estimate of drug-likeness (QED) is 0.393. The first-order valence-corrected chi connectivity index (χ1v) is 3.35. The monoisotopic (exact) mass is 144 g/mol. The molecule has 0 heterocycles. The maximum absolute atomic E-state index is 9.16. The third-order valence-corrected chi connectivity index (χ3v) is 1.93. The van der Waals surface area contributed by atoms with E-state index in [0.29, 0.717) is 0 Å². The smallest absolute Gasteiger partial charge is 0.0984 e. The van der Waals surface area contributed by atoms with Crippen LogP contribution in [0.25, 0.3) is 0 Å². The number of hydrogen-bond donors (Lipinski definition) is 3. The summed E-state index contributed by atoms with van der Waals surface area (Å²) in [7, 11) is 0. The summed E-state index contributed by atoms with van der Waals surface area (Å²) in [5.41, 5.74) is 0. The van der Waals surface area contributed by atoms with E-state index >= 15 is 0 Å². The summed E-state index contributed by atoms with van der Waals surface area (Å²) in [6.45, 7) is 1.70. The normalized spacial score (nSPS) is 47.6. The molecule has 1 aliphatic rings. The topological polar surface area (TPSA) is 60.7 Å². The molecular weight excluding hydrogens is 132 g/mol. The van der Waals surface area contributed by atoms with Crippen LogP contribution in [0.5, 0.6) is 0 Å². The Bertz CT molecular complexity index is 128. The zero-order valence-electron chi connectivity index (χ0n) is 5.81. The molecule has 0 radical (unpaired) electrons. The molecule has 0 bridgehead atoms. The zero-order chi connectivity index (χ0) is 7.72. The van der Waals surface area contributed by atoms with Gasteiger partial charge in [0.1, 0.15) is 0 Å². The van der Waals surface area contributed by atoms with Gasteiger partial charge in [-0.3, -0.25) is 0 Å². The van der Waals surface area contributed by atoms with Gasteiger partial charge in [0.25, 0.3) is 0 Å². The van der Waals surface area contributed by atoms with E-state index in [1.165, 1.54) is 12.2 Å². The van der Waals surface area contributed by atoms with E-state index in [-0.39, 0.29) is 5.92 Å². The van der Waals surface area contributed by atoms with Gasteiger partial charge >= 0.3 is 0 Å². The molecule has 58 valence electrons. The van der Waals surface area contributed by atoms with Gasteiger partial charge in [0.15, 0.2) is 0 Å². The standard InChI is InChI=1S/C7H12O3/c1-4-5(8)2-3-6(9)7(4)10/h2-10H,1H3/t4-,5?,6-,7+/m1/s1. The molecule has 1 unspecified atom stereocenters. The van der Waals surface area contributed by atoms with E-state index in [1.807, 2.05) is 0 Å². The molecule has 0 aromatic rings. The third kappa shape index (κ3) is 1.21. The van der Waals surface area contributed by atoms with Crippen LogP contribution in [0.4, 0.5) is 0 Å². The van der Waals surface area contributed by atoms with Crippen LogP contribution in [0.15, 0.2) is 12.2 Å². The van der Waals surface area contributed by atoms with Crippen molar-refractivity contribution in [2.45, 2.75) is 25.2 Å². The number of rotatable bonds is 0. The van der Waals surface area contributed by atoms with Gasteiger partial charge in [-0.1, -0.05) is 19.1 Å². The van der Waals surface area contributed by atoms with Crippen LogP contribution in [0.3, 0.4) is 0 Å². The Morgan fingerprint density at radius 2 is 1.50 bits per heavy atom. The minimum atomic E-state index is -0.833. The SMILES string of the molecule is C[C@@H]1C(O)C=C[C@@H](O)[C@H]1O. The third-order valence-electron chi connectivity index (χ3n) is 1.93. The summed E-state index contributed by atoms with van der Waals surface area (Å²) in [6.07, 6.45) is 0.633. The average molecular weight is 144 g/mol. The van der Waals surface area contributed by atoms with E-state index in [4.69, 9.17) is 15.3 Å². The molecule has 1 aliphatic carbocycles. The van der Waals surface area contributed by atoms with Crippen LogP contribution in [-0.4, -0.2) is 33.6 Å². The lowest BCUT2D eigenvalue weighted by molar-refractivity contribution is -0.0310. The van der Waals surface area contributed by atoms with Crippen LogP contribution in [-0.2, 0) is 0 Å². The Morgan fingerprint density at radius 1 is 1.00 bits per heavy atom. The lowest BCUT2D eigenvalue weighted by Crippen LogP contribution is -2.40. The molecule has 0 fully saturated rings. The molecule has 0 saturated heterocycles. The summed E-state index contributed by atoms with van der Waals surface area (Å²) < 4.78 is 0. The molecule has 0 aromatic heterocycles. The number of aliphatic hydroxyl groups excluding tert-OH is 3. The molecule has 3 heteroatoms. The molecule has 0 saturated carbocycles. The predicted molar refractivity (Wildman–Crippen MR) is 36.3 cm³/mol.